The molecule has 2 aromatic carbocycles. The summed E-state index contributed by atoms with van der Waals surface area (Å²) in [7, 11) is -7.22. The molecule has 0 radical (unpaired) electrons. The van der Waals surface area contributed by atoms with Crippen LogP contribution in [0.3, 0.4) is 0 Å². The van der Waals surface area contributed by atoms with Gasteiger partial charge in [-0.3, -0.25) is 4.79 Å². The highest BCUT2D eigenvalue weighted by atomic mass is 79.9. The molecule has 1 fully saturated rings. The van der Waals surface area contributed by atoms with Crippen LogP contribution in [0.25, 0.3) is 0 Å². The number of amides is 1. The van der Waals surface area contributed by atoms with Gasteiger partial charge in [0.25, 0.3) is 5.91 Å². The van der Waals surface area contributed by atoms with Crippen molar-refractivity contribution in [1.82, 2.24) is 4.90 Å². The van der Waals surface area contributed by atoms with Gasteiger partial charge in [-0.1, -0.05) is 39.7 Å². The molecule has 4 rings (SSSR count). The van der Waals surface area contributed by atoms with Gasteiger partial charge in [-0.25, -0.2) is 16.8 Å². The quantitative estimate of drug-likeness (QED) is 0.435. The molecule has 2 heterocycles. The van der Waals surface area contributed by atoms with Gasteiger partial charge in [0.05, 0.1) is 16.4 Å². The fraction of sp³-hybridized carbons (Fsp3) is 0.227. The molecule has 174 valence electrons. The van der Waals surface area contributed by atoms with Crippen LogP contribution in [0.2, 0.25) is 5.02 Å². The van der Waals surface area contributed by atoms with Gasteiger partial charge in [0.2, 0.25) is 14.9 Å². The van der Waals surface area contributed by atoms with Crippen molar-refractivity contribution in [3.8, 4) is 0 Å². The van der Waals surface area contributed by atoms with Crippen LogP contribution in [0.15, 0.2) is 79.5 Å². The molecule has 1 aromatic heterocycles. The Kier molecular flexibility index (Phi) is 6.73. The molecule has 33 heavy (non-hydrogen) atoms. The van der Waals surface area contributed by atoms with E-state index in [2.05, 4.69) is 15.9 Å². The van der Waals surface area contributed by atoms with Crippen molar-refractivity contribution in [2.24, 2.45) is 0 Å². The lowest BCUT2D eigenvalue weighted by Gasteiger charge is -2.27. The summed E-state index contributed by atoms with van der Waals surface area (Å²) < 4.78 is 56.1. The van der Waals surface area contributed by atoms with E-state index in [1.165, 1.54) is 29.2 Å². The number of rotatable bonds is 6. The SMILES string of the molecule is O=C(c1ccc(S(=O)(=O)c2ccc(Br)cc2)o1)N(Cc1ccc(Cl)cc1)C1CCS(=O)(=O)C1. The first-order valence-corrected chi connectivity index (χ1v) is 14.4. The minimum absolute atomic E-state index is 0.0105. The van der Waals surface area contributed by atoms with Gasteiger partial charge in [0.15, 0.2) is 15.6 Å². The van der Waals surface area contributed by atoms with Crippen molar-refractivity contribution in [3.63, 3.8) is 0 Å². The van der Waals surface area contributed by atoms with Crippen molar-refractivity contribution in [2.45, 2.75) is 29.0 Å². The zero-order valence-electron chi connectivity index (χ0n) is 17.1. The number of carbonyl (C=O) groups is 1. The molecule has 1 saturated heterocycles. The third kappa shape index (κ3) is 5.34. The fourth-order valence-electron chi connectivity index (χ4n) is 3.63. The molecule has 0 bridgehead atoms. The number of halogens is 2. The Morgan fingerprint density at radius 1 is 1.06 bits per heavy atom. The van der Waals surface area contributed by atoms with E-state index in [0.29, 0.717) is 11.4 Å². The van der Waals surface area contributed by atoms with Gasteiger partial charge in [0, 0.05) is 22.1 Å². The van der Waals surface area contributed by atoms with Crippen LogP contribution in [0.5, 0.6) is 0 Å². The Morgan fingerprint density at radius 2 is 1.73 bits per heavy atom. The summed E-state index contributed by atoms with van der Waals surface area (Å²) in [4.78, 5) is 14.8. The molecular formula is C22H19BrClNO6S2. The number of nitrogens with zero attached hydrogens (tertiary/aromatic N) is 1. The van der Waals surface area contributed by atoms with Gasteiger partial charge in [0.1, 0.15) is 0 Å². The van der Waals surface area contributed by atoms with Crippen molar-refractivity contribution >= 4 is 53.1 Å². The Labute approximate surface area is 205 Å². The Bertz CT molecular complexity index is 1380. The lowest BCUT2D eigenvalue weighted by atomic mass is 10.1. The maximum absolute atomic E-state index is 13.3. The minimum Gasteiger partial charge on any atom is -0.439 e. The molecule has 0 N–H and O–H groups in total. The highest BCUT2D eigenvalue weighted by molar-refractivity contribution is 9.10. The topological polar surface area (TPSA) is 102 Å². The molecule has 1 unspecified atom stereocenters. The van der Waals surface area contributed by atoms with Crippen LogP contribution in [0.1, 0.15) is 22.5 Å². The monoisotopic (exact) mass is 571 g/mol. The maximum Gasteiger partial charge on any atom is 0.290 e. The summed E-state index contributed by atoms with van der Waals surface area (Å²) in [5.41, 5.74) is 0.756. The van der Waals surface area contributed by atoms with Gasteiger partial charge in [-0.2, -0.15) is 0 Å². The largest absolute Gasteiger partial charge is 0.439 e. The summed E-state index contributed by atoms with van der Waals surface area (Å²) in [6, 6.07) is 14.9. The van der Waals surface area contributed by atoms with Gasteiger partial charge in [-0.05, 0) is 60.5 Å². The van der Waals surface area contributed by atoms with Crippen LogP contribution in [0.4, 0.5) is 0 Å². The standard InChI is InChI=1S/C22H19BrClNO6S2/c23-16-3-7-19(8-4-16)33(29,30)21-10-9-20(31-21)22(26)25(18-11-12-32(27,28)14-18)13-15-1-5-17(24)6-2-15/h1-10,18H,11-14H2. The molecule has 1 atom stereocenters. The predicted octanol–water partition coefficient (Wildman–Crippen LogP) is 4.36. The van der Waals surface area contributed by atoms with Crippen LogP contribution < -0.4 is 0 Å². The molecular weight excluding hydrogens is 554 g/mol. The summed E-state index contributed by atoms with van der Waals surface area (Å²) >= 11 is 9.20. The first kappa shape index (κ1) is 24.0. The van der Waals surface area contributed by atoms with Gasteiger partial charge >= 0.3 is 0 Å². The number of carbonyl (C=O) groups excluding carboxylic acids is 1. The molecule has 0 spiro atoms. The smallest absolute Gasteiger partial charge is 0.290 e. The molecule has 1 amide bonds. The fourth-order valence-corrected chi connectivity index (χ4v) is 6.92. The van der Waals surface area contributed by atoms with E-state index in [0.717, 1.165) is 10.0 Å². The molecule has 3 aromatic rings. The average molecular weight is 573 g/mol. The molecule has 1 aliphatic heterocycles. The summed E-state index contributed by atoms with van der Waals surface area (Å²) in [5, 5.41) is 0.174. The van der Waals surface area contributed by atoms with Crippen LogP contribution >= 0.6 is 27.5 Å². The Hall–Kier alpha value is -2.14. The number of sulfone groups is 2. The summed E-state index contributed by atoms with van der Waals surface area (Å²) in [6.45, 7) is 0.131. The van der Waals surface area contributed by atoms with Crippen LogP contribution in [-0.2, 0) is 26.2 Å². The molecule has 1 aliphatic rings. The first-order chi connectivity index (χ1) is 15.5. The van der Waals surface area contributed by atoms with Crippen molar-refractivity contribution in [2.75, 3.05) is 11.5 Å². The van der Waals surface area contributed by atoms with E-state index in [1.807, 2.05) is 0 Å². The lowest BCUT2D eigenvalue weighted by molar-refractivity contribution is 0.0642. The number of furan rings is 1. The highest BCUT2D eigenvalue weighted by Gasteiger charge is 2.36. The van der Waals surface area contributed by atoms with Crippen LogP contribution in [0, 0.1) is 0 Å². The molecule has 0 aliphatic carbocycles. The summed E-state index contributed by atoms with van der Waals surface area (Å²) in [6.07, 6.45) is 0.298. The Balaban J connectivity index is 1.64. The highest BCUT2D eigenvalue weighted by Crippen LogP contribution is 2.27. The van der Waals surface area contributed by atoms with E-state index >= 15 is 0 Å². The van der Waals surface area contributed by atoms with E-state index in [1.54, 1.807) is 36.4 Å². The zero-order chi connectivity index (χ0) is 23.8. The van der Waals surface area contributed by atoms with Gasteiger partial charge < -0.3 is 9.32 Å². The second kappa shape index (κ2) is 9.25. The lowest BCUT2D eigenvalue weighted by Crippen LogP contribution is -2.40. The number of benzene rings is 2. The summed E-state index contributed by atoms with van der Waals surface area (Å²) in [5.74, 6) is -0.922. The number of hydrogen-bond acceptors (Lipinski definition) is 6. The molecule has 11 heteroatoms. The van der Waals surface area contributed by atoms with Crippen molar-refractivity contribution < 1.29 is 26.0 Å². The van der Waals surface area contributed by atoms with E-state index in [-0.39, 0.29) is 33.8 Å². The molecule has 7 nitrogen and oxygen atoms in total. The molecule has 0 saturated carbocycles. The minimum atomic E-state index is -3.96. The first-order valence-electron chi connectivity index (χ1n) is 9.91. The van der Waals surface area contributed by atoms with E-state index in [9.17, 15) is 21.6 Å². The van der Waals surface area contributed by atoms with E-state index in [4.69, 9.17) is 16.0 Å². The number of hydrogen-bond donors (Lipinski definition) is 0. The van der Waals surface area contributed by atoms with Crippen molar-refractivity contribution in [1.29, 1.82) is 0 Å². The Morgan fingerprint density at radius 3 is 2.33 bits per heavy atom. The predicted molar refractivity (Wildman–Crippen MR) is 127 cm³/mol. The average Bonchev–Trinajstić information content (AvgIpc) is 3.40. The zero-order valence-corrected chi connectivity index (χ0v) is 21.1. The van der Waals surface area contributed by atoms with Gasteiger partial charge in [-0.15, -0.1) is 0 Å². The van der Waals surface area contributed by atoms with E-state index < -0.39 is 31.6 Å². The second-order valence-electron chi connectivity index (χ2n) is 7.69. The second-order valence-corrected chi connectivity index (χ2v) is 13.2. The van der Waals surface area contributed by atoms with Crippen molar-refractivity contribution in [3.05, 3.63) is 81.5 Å². The maximum atomic E-state index is 13.3. The third-order valence-electron chi connectivity index (χ3n) is 5.36. The van der Waals surface area contributed by atoms with Crippen LogP contribution in [-0.4, -0.2) is 45.2 Å². The normalized spacial score (nSPS) is 17.7. The third-order valence-corrected chi connectivity index (χ3v) is 9.53.